The third-order valence-corrected chi connectivity index (χ3v) is 6.27. The Labute approximate surface area is 134 Å². The van der Waals surface area contributed by atoms with Crippen LogP contribution in [0.3, 0.4) is 0 Å². The summed E-state index contributed by atoms with van der Waals surface area (Å²) < 4.78 is 5.12. The molecular weight excluding hydrogens is 272 g/mol. The first-order valence-electron chi connectivity index (χ1n) is 8.58. The number of hydrogen-bond acceptors (Lipinski definition) is 2. The lowest BCUT2D eigenvalue weighted by Crippen LogP contribution is -2.33. The third-order valence-electron chi connectivity index (χ3n) is 6.27. The van der Waals surface area contributed by atoms with Crippen LogP contribution in [0.2, 0.25) is 0 Å². The van der Waals surface area contributed by atoms with E-state index < -0.39 is 0 Å². The summed E-state index contributed by atoms with van der Waals surface area (Å²) in [6, 6.07) is 5.80. The molecule has 0 saturated heterocycles. The number of rotatable bonds is 4. The number of phenolic OH excluding ortho intramolecular Hbond substituents is 1. The Morgan fingerprint density at radius 2 is 2.18 bits per heavy atom. The van der Waals surface area contributed by atoms with Crippen molar-refractivity contribution in [1.29, 1.82) is 0 Å². The van der Waals surface area contributed by atoms with Gasteiger partial charge in [-0.3, -0.25) is 0 Å². The Morgan fingerprint density at radius 3 is 2.91 bits per heavy atom. The Hall–Kier alpha value is -1.44. The maximum atomic E-state index is 9.92. The van der Waals surface area contributed by atoms with Crippen LogP contribution < -0.4 is 4.74 Å². The molecule has 0 amide bonds. The van der Waals surface area contributed by atoms with E-state index >= 15 is 0 Å². The van der Waals surface area contributed by atoms with Gasteiger partial charge in [-0.2, -0.15) is 0 Å². The van der Waals surface area contributed by atoms with Crippen LogP contribution in [0.1, 0.15) is 51.0 Å². The van der Waals surface area contributed by atoms with Gasteiger partial charge < -0.3 is 9.84 Å². The molecule has 3 atom stereocenters. The van der Waals surface area contributed by atoms with Gasteiger partial charge in [0.15, 0.2) is 11.5 Å². The molecule has 0 aromatic heterocycles. The van der Waals surface area contributed by atoms with Gasteiger partial charge in [0, 0.05) is 0 Å². The number of hydrogen-bond donors (Lipinski definition) is 1. The zero-order valence-electron chi connectivity index (χ0n) is 13.9. The molecule has 3 unspecified atom stereocenters. The highest BCUT2D eigenvalue weighted by Crippen LogP contribution is 2.57. The van der Waals surface area contributed by atoms with E-state index in [-0.39, 0.29) is 5.75 Å². The summed E-state index contributed by atoms with van der Waals surface area (Å²) in [5.41, 5.74) is 3.09. The molecule has 22 heavy (non-hydrogen) atoms. The van der Waals surface area contributed by atoms with Crippen LogP contribution in [0.25, 0.3) is 0 Å². The van der Waals surface area contributed by atoms with Gasteiger partial charge in [0.2, 0.25) is 0 Å². The van der Waals surface area contributed by atoms with Gasteiger partial charge in [0.25, 0.3) is 0 Å². The minimum atomic E-state index is 0.253. The maximum Gasteiger partial charge on any atom is 0.160 e. The average molecular weight is 300 g/mol. The van der Waals surface area contributed by atoms with Gasteiger partial charge in [-0.05, 0) is 67.1 Å². The van der Waals surface area contributed by atoms with Crippen LogP contribution in [-0.2, 0) is 6.42 Å². The lowest BCUT2D eigenvalue weighted by Gasteiger charge is -2.42. The monoisotopic (exact) mass is 300 g/mol. The van der Waals surface area contributed by atoms with Crippen LogP contribution in [0.15, 0.2) is 30.4 Å². The number of benzene rings is 1. The SMILES string of the molecule is C=C1CCC2C(CCc3ccc(OC)c(O)c3)CCCC12C. The van der Waals surface area contributed by atoms with Crippen molar-refractivity contribution in [3.8, 4) is 11.5 Å². The fourth-order valence-electron chi connectivity index (χ4n) is 4.84. The molecule has 2 saturated carbocycles. The zero-order valence-corrected chi connectivity index (χ0v) is 13.9. The van der Waals surface area contributed by atoms with Crippen molar-refractivity contribution < 1.29 is 9.84 Å². The van der Waals surface area contributed by atoms with Crippen LogP contribution in [0, 0.1) is 17.3 Å². The Balaban J connectivity index is 1.66. The van der Waals surface area contributed by atoms with Crippen molar-refractivity contribution in [1.82, 2.24) is 0 Å². The lowest BCUT2D eigenvalue weighted by molar-refractivity contribution is 0.109. The van der Waals surface area contributed by atoms with E-state index in [1.165, 1.54) is 49.7 Å². The molecule has 0 aliphatic heterocycles. The normalized spacial score (nSPS) is 31.1. The summed E-state index contributed by atoms with van der Waals surface area (Å²) >= 11 is 0. The molecule has 2 nitrogen and oxygen atoms in total. The first-order chi connectivity index (χ1) is 10.5. The first-order valence-corrected chi connectivity index (χ1v) is 8.58. The summed E-state index contributed by atoms with van der Waals surface area (Å²) in [7, 11) is 1.59. The van der Waals surface area contributed by atoms with Gasteiger partial charge in [-0.25, -0.2) is 0 Å². The van der Waals surface area contributed by atoms with Gasteiger partial charge in [-0.1, -0.05) is 38.0 Å². The highest BCUT2D eigenvalue weighted by molar-refractivity contribution is 5.41. The van der Waals surface area contributed by atoms with Crippen molar-refractivity contribution in [2.45, 2.75) is 51.9 Å². The van der Waals surface area contributed by atoms with Crippen LogP contribution in [-0.4, -0.2) is 12.2 Å². The molecule has 1 aromatic rings. The summed E-state index contributed by atoms with van der Waals surface area (Å²) in [6.07, 6.45) is 8.84. The van der Waals surface area contributed by atoms with E-state index in [9.17, 15) is 5.11 Å². The Bertz CT molecular complexity index is 563. The summed E-state index contributed by atoms with van der Waals surface area (Å²) in [5, 5.41) is 9.92. The van der Waals surface area contributed by atoms with E-state index in [0.29, 0.717) is 11.2 Å². The second-order valence-corrected chi connectivity index (χ2v) is 7.36. The molecule has 120 valence electrons. The minimum absolute atomic E-state index is 0.253. The van der Waals surface area contributed by atoms with E-state index in [0.717, 1.165) is 18.3 Å². The van der Waals surface area contributed by atoms with Gasteiger partial charge in [0.1, 0.15) is 0 Å². The summed E-state index contributed by atoms with van der Waals surface area (Å²) in [5.74, 6) is 2.44. The number of aromatic hydroxyl groups is 1. The smallest absolute Gasteiger partial charge is 0.160 e. The van der Waals surface area contributed by atoms with Gasteiger partial charge in [0.05, 0.1) is 7.11 Å². The number of fused-ring (bicyclic) bond motifs is 1. The molecule has 0 spiro atoms. The standard InChI is InChI=1S/C20H28O2/c1-14-6-10-17-16(5-4-12-20(14,17)2)9-7-15-8-11-19(22-3)18(21)13-15/h8,11,13,16-17,21H,1,4-7,9-10,12H2,2-3H3. The molecule has 3 rings (SSSR count). The van der Waals surface area contributed by atoms with Crippen molar-refractivity contribution >= 4 is 0 Å². The van der Waals surface area contributed by atoms with Crippen molar-refractivity contribution in [3.05, 3.63) is 35.9 Å². The third kappa shape index (κ3) is 2.64. The fraction of sp³-hybridized carbons (Fsp3) is 0.600. The molecule has 0 radical (unpaired) electrons. The highest BCUT2D eigenvalue weighted by Gasteiger charge is 2.46. The minimum Gasteiger partial charge on any atom is -0.504 e. The maximum absolute atomic E-state index is 9.92. The Kier molecular flexibility index (Phi) is 4.20. The predicted octanol–water partition coefficient (Wildman–Crippen LogP) is 5.11. The highest BCUT2D eigenvalue weighted by atomic mass is 16.5. The van der Waals surface area contributed by atoms with Crippen molar-refractivity contribution in [2.24, 2.45) is 17.3 Å². The predicted molar refractivity (Wildman–Crippen MR) is 90.3 cm³/mol. The number of methoxy groups -OCH3 is 1. The second kappa shape index (κ2) is 5.98. The van der Waals surface area contributed by atoms with Crippen molar-refractivity contribution in [2.75, 3.05) is 7.11 Å². The Morgan fingerprint density at radius 1 is 1.36 bits per heavy atom. The number of aryl methyl sites for hydroxylation is 1. The van der Waals surface area contributed by atoms with Crippen LogP contribution >= 0.6 is 0 Å². The molecule has 1 N–H and O–H groups in total. The van der Waals surface area contributed by atoms with E-state index in [1.54, 1.807) is 7.11 Å². The van der Waals surface area contributed by atoms with Gasteiger partial charge in [-0.15, -0.1) is 0 Å². The first kappa shape index (κ1) is 15.5. The van der Waals surface area contributed by atoms with E-state index in [4.69, 9.17) is 4.74 Å². The van der Waals surface area contributed by atoms with Crippen molar-refractivity contribution in [3.63, 3.8) is 0 Å². The molecule has 0 bridgehead atoms. The summed E-state index contributed by atoms with van der Waals surface area (Å²) in [4.78, 5) is 0. The second-order valence-electron chi connectivity index (χ2n) is 7.36. The topological polar surface area (TPSA) is 29.5 Å². The number of ether oxygens (including phenoxy) is 1. The number of phenols is 1. The van der Waals surface area contributed by atoms with E-state index in [1.807, 2.05) is 12.1 Å². The van der Waals surface area contributed by atoms with Crippen LogP contribution in [0.5, 0.6) is 11.5 Å². The molecule has 0 heterocycles. The lowest BCUT2D eigenvalue weighted by atomic mass is 9.62. The molecule has 1 aromatic carbocycles. The largest absolute Gasteiger partial charge is 0.504 e. The van der Waals surface area contributed by atoms with E-state index in [2.05, 4.69) is 19.6 Å². The van der Waals surface area contributed by atoms with Crippen LogP contribution in [0.4, 0.5) is 0 Å². The summed E-state index contributed by atoms with van der Waals surface area (Å²) in [6.45, 7) is 6.79. The fourth-order valence-corrected chi connectivity index (χ4v) is 4.84. The number of allylic oxidation sites excluding steroid dienone is 1. The quantitative estimate of drug-likeness (QED) is 0.783. The molecular formula is C20H28O2. The zero-order chi connectivity index (χ0) is 15.7. The van der Waals surface area contributed by atoms with Gasteiger partial charge >= 0.3 is 0 Å². The molecule has 2 fully saturated rings. The molecule has 2 heteroatoms. The molecule has 2 aliphatic rings. The average Bonchev–Trinajstić information content (AvgIpc) is 2.81. The molecule has 2 aliphatic carbocycles.